The number of halogens is 3. The monoisotopic (exact) mass is 390 g/mol. The minimum atomic E-state index is -4.62. The van der Waals surface area contributed by atoms with Crippen LogP contribution in [0.4, 0.5) is 13.2 Å². The second-order valence-corrected chi connectivity index (χ2v) is 7.26. The third kappa shape index (κ3) is 7.01. The summed E-state index contributed by atoms with van der Waals surface area (Å²) in [5, 5.41) is 0. The molecule has 1 heterocycles. The highest BCUT2D eigenvalue weighted by Gasteiger charge is 2.35. The molecule has 1 atom stereocenters. The number of hydrogen-bond donors (Lipinski definition) is 0. The summed E-state index contributed by atoms with van der Waals surface area (Å²) in [6.45, 7) is 6.15. The molecular formula is C19H29F3N2O3. The minimum absolute atomic E-state index is 0.0157. The van der Waals surface area contributed by atoms with E-state index in [0.29, 0.717) is 25.5 Å². The zero-order chi connectivity index (χ0) is 20.8. The summed E-state index contributed by atoms with van der Waals surface area (Å²) in [7, 11) is 3.68. The number of rotatable bonds is 9. The molecule has 5 nitrogen and oxygen atoms in total. The highest BCUT2D eigenvalue weighted by atomic mass is 19.4. The predicted molar refractivity (Wildman–Crippen MR) is 97.7 cm³/mol. The number of nitrogens with zero attached hydrogens (tertiary/aromatic N) is 2. The van der Waals surface area contributed by atoms with Gasteiger partial charge in [-0.25, -0.2) is 4.79 Å². The number of ether oxygens (including phenoxy) is 1. The van der Waals surface area contributed by atoms with Gasteiger partial charge in [-0.1, -0.05) is 13.8 Å². The molecule has 8 heteroatoms. The van der Waals surface area contributed by atoms with Crippen molar-refractivity contribution in [2.24, 2.45) is 5.92 Å². The van der Waals surface area contributed by atoms with Gasteiger partial charge in [0, 0.05) is 12.3 Å². The Morgan fingerprint density at radius 2 is 1.93 bits per heavy atom. The summed E-state index contributed by atoms with van der Waals surface area (Å²) in [5.41, 5.74) is -1.77. The fourth-order valence-corrected chi connectivity index (χ4v) is 2.89. The van der Waals surface area contributed by atoms with Crippen molar-refractivity contribution in [1.82, 2.24) is 9.47 Å². The van der Waals surface area contributed by atoms with Gasteiger partial charge in [0.05, 0.1) is 12.2 Å². The van der Waals surface area contributed by atoms with Crippen LogP contribution in [0.2, 0.25) is 0 Å². The van der Waals surface area contributed by atoms with E-state index in [2.05, 4.69) is 0 Å². The standard InChI is InChI=1S/C19H29F3N2O3/c1-6-27-18(26)16(10-13(2)3)24-12-14(8-7-9-23(4)5)15(11-17(24)25)19(20,21)22/h11-13,16H,6-10H2,1-5H3. The molecule has 0 aromatic carbocycles. The lowest BCUT2D eigenvalue weighted by atomic mass is 10.0. The number of aryl methyl sites for hydroxylation is 1. The molecule has 0 amide bonds. The Hall–Kier alpha value is -1.83. The summed E-state index contributed by atoms with van der Waals surface area (Å²) in [4.78, 5) is 26.6. The Labute approximate surface area is 158 Å². The molecule has 154 valence electrons. The van der Waals surface area contributed by atoms with Crippen LogP contribution >= 0.6 is 0 Å². The van der Waals surface area contributed by atoms with Crippen LogP contribution in [0.1, 0.15) is 50.8 Å². The van der Waals surface area contributed by atoms with Crippen LogP contribution in [0.25, 0.3) is 0 Å². The van der Waals surface area contributed by atoms with Crippen molar-refractivity contribution in [2.75, 3.05) is 27.2 Å². The zero-order valence-electron chi connectivity index (χ0n) is 16.6. The van der Waals surface area contributed by atoms with E-state index in [1.165, 1.54) is 6.20 Å². The fourth-order valence-electron chi connectivity index (χ4n) is 2.89. The molecule has 1 rings (SSSR count). The number of carbonyl (C=O) groups is 1. The number of carbonyl (C=O) groups excluding carboxylic acids is 1. The van der Waals surface area contributed by atoms with Crippen molar-refractivity contribution in [3.8, 4) is 0 Å². The highest BCUT2D eigenvalue weighted by Crippen LogP contribution is 2.32. The molecule has 0 aliphatic carbocycles. The number of pyridine rings is 1. The Kier molecular flexibility index (Phi) is 8.53. The zero-order valence-corrected chi connectivity index (χ0v) is 16.6. The molecule has 0 aliphatic rings. The van der Waals surface area contributed by atoms with Gasteiger partial charge in [-0.3, -0.25) is 4.79 Å². The van der Waals surface area contributed by atoms with Gasteiger partial charge >= 0.3 is 12.1 Å². The third-order valence-corrected chi connectivity index (χ3v) is 4.11. The first kappa shape index (κ1) is 23.2. The van der Waals surface area contributed by atoms with E-state index in [9.17, 15) is 22.8 Å². The topological polar surface area (TPSA) is 51.5 Å². The fraction of sp³-hybridized carbons (Fsp3) is 0.684. The largest absolute Gasteiger partial charge is 0.464 e. The van der Waals surface area contributed by atoms with Crippen molar-refractivity contribution in [3.63, 3.8) is 0 Å². The van der Waals surface area contributed by atoms with Crippen LogP contribution in [0.15, 0.2) is 17.1 Å². The summed E-state index contributed by atoms with van der Waals surface area (Å²) >= 11 is 0. The Balaban J connectivity index is 3.39. The lowest BCUT2D eigenvalue weighted by Gasteiger charge is -2.22. The van der Waals surface area contributed by atoms with Crippen LogP contribution < -0.4 is 5.56 Å². The molecule has 0 spiro atoms. The molecule has 1 aromatic heterocycles. The molecule has 0 bridgehead atoms. The van der Waals surface area contributed by atoms with Gasteiger partial charge in [0.1, 0.15) is 6.04 Å². The molecule has 0 saturated heterocycles. The molecule has 0 aliphatic heterocycles. The molecule has 0 N–H and O–H groups in total. The van der Waals surface area contributed by atoms with Gasteiger partial charge in [0.2, 0.25) is 0 Å². The molecule has 0 saturated carbocycles. The maximum absolute atomic E-state index is 13.4. The maximum Gasteiger partial charge on any atom is 0.416 e. The Morgan fingerprint density at radius 1 is 1.30 bits per heavy atom. The van der Waals surface area contributed by atoms with Crippen molar-refractivity contribution in [3.05, 3.63) is 33.7 Å². The SMILES string of the molecule is CCOC(=O)C(CC(C)C)n1cc(CCCN(C)C)c(C(F)(F)F)cc1=O. The van der Waals surface area contributed by atoms with E-state index >= 15 is 0 Å². The molecule has 1 unspecified atom stereocenters. The van der Waals surface area contributed by atoms with Crippen LogP contribution in [0.3, 0.4) is 0 Å². The number of hydrogen-bond acceptors (Lipinski definition) is 4. The first-order chi connectivity index (χ1) is 12.5. The molecular weight excluding hydrogens is 361 g/mol. The van der Waals surface area contributed by atoms with Crippen molar-refractivity contribution in [2.45, 2.75) is 52.3 Å². The van der Waals surface area contributed by atoms with E-state index in [0.717, 1.165) is 4.57 Å². The first-order valence-electron chi connectivity index (χ1n) is 9.11. The normalized spacial score (nSPS) is 13.3. The van der Waals surface area contributed by atoms with E-state index in [4.69, 9.17) is 4.74 Å². The van der Waals surface area contributed by atoms with Crippen LogP contribution in [-0.2, 0) is 22.1 Å². The second kappa shape index (κ2) is 9.92. The van der Waals surface area contributed by atoms with Crippen LogP contribution in [-0.4, -0.2) is 42.7 Å². The summed E-state index contributed by atoms with van der Waals surface area (Å²) in [6, 6.07) is -0.343. The van der Waals surface area contributed by atoms with Gasteiger partial charge in [-0.05, 0) is 58.3 Å². The van der Waals surface area contributed by atoms with Crippen molar-refractivity contribution >= 4 is 5.97 Å². The predicted octanol–water partition coefficient (Wildman–Crippen LogP) is 3.51. The Morgan fingerprint density at radius 3 is 2.41 bits per heavy atom. The molecule has 27 heavy (non-hydrogen) atoms. The summed E-state index contributed by atoms with van der Waals surface area (Å²) < 4.78 is 46.3. The first-order valence-corrected chi connectivity index (χ1v) is 9.11. The average Bonchev–Trinajstić information content (AvgIpc) is 2.52. The van der Waals surface area contributed by atoms with E-state index in [1.807, 2.05) is 32.8 Å². The molecule has 0 radical (unpaired) electrons. The average molecular weight is 390 g/mol. The van der Waals surface area contributed by atoms with Gasteiger partial charge in [-0.15, -0.1) is 0 Å². The minimum Gasteiger partial charge on any atom is -0.464 e. The Bertz CT molecular complexity index is 682. The van der Waals surface area contributed by atoms with Gasteiger partial charge in [0.15, 0.2) is 0 Å². The van der Waals surface area contributed by atoms with Crippen LogP contribution in [0.5, 0.6) is 0 Å². The molecule has 1 aromatic rings. The maximum atomic E-state index is 13.4. The second-order valence-electron chi connectivity index (χ2n) is 7.26. The summed E-state index contributed by atoms with van der Waals surface area (Å²) in [5.74, 6) is -0.543. The number of esters is 1. The lowest BCUT2D eigenvalue weighted by molar-refractivity contribution is -0.147. The van der Waals surface area contributed by atoms with Crippen LogP contribution in [0, 0.1) is 5.92 Å². The van der Waals surface area contributed by atoms with Gasteiger partial charge < -0.3 is 14.2 Å². The smallest absolute Gasteiger partial charge is 0.416 e. The van der Waals surface area contributed by atoms with Crippen molar-refractivity contribution < 1.29 is 22.7 Å². The van der Waals surface area contributed by atoms with E-state index in [-0.39, 0.29) is 24.5 Å². The highest BCUT2D eigenvalue weighted by molar-refractivity contribution is 5.74. The van der Waals surface area contributed by atoms with E-state index in [1.54, 1.807) is 6.92 Å². The van der Waals surface area contributed by atoms with Crippen molar-refractivity contribution in [1.29, 1.82) is 0 Å². The molecule has 0 fully saturated rings. The number of alkyl halides is 3. The lowest BCUT2D eigenvalue weighted by Crippen LogP contribution is -2.33. The van der Waals surface area contributed by atoms with Gasteiger partial charge in [0.25, 0.3) is 5.56 Å². The van der Waals surface area contributed by atoms with E-state index < -0.39 is 29.3 Å². The number of aromatic nitrogens is 1. The summed E-state index contributed by atoms with van der Waals surface area (Å²) in [6.07, 6.45) is -2.47. The van der Waals surface area contributed by atoms with Gasteiger partial charge in [-0.2, -0.15) is 13.2 Å². The third-order valence-electron chi connectivity index (χ3n) is 4.11. The quantitative estimate of drug-likeness (QED) is 0.606.